The van der Waals surface area contributed by atoms with Crippen LogP contribution in [0.25, 0.3) is 0 Å². The van der Waals surface area contributed by atoms with E-state index in [9.17, 15) is 4.79 Å². The summed E-state index contributed by atoms with van der Waals surface area (Å²) >= 11 is 5.29. The van der Waals surface area contributed by atoms with Gasteiger partial charge in [-0.3, -0.25) is 10.1 Å². The lowest BCUT2D eigenvalue weighted by atomic mass is 10.2. The Morgan fingerprint density at radius 2 is 2.14 bits per heavy atom. The van der Waals surface area contributed by atoms with Gasteiger partial charge in [-0.05, 0) is 18.4 Å². The molecule has 1 aromatic carbocycles. The molecule has 2 nitrogen and oxygen atoms in total. The van der Waals surface area contributed by atoms with Gasteiger partial charge in [-0.1, -0.05) is 37.3 Å². The Morgan fingerprint density at radius 1 is 1.45 bits per heavy atom. The fourth-order valence-corrected chi connectivity index (χ4v) is 6.16. The summed E-state index contributed by atoms with van der Waals surface area (Å²) in [7, 11) is 0. The molecule has 0 spiro atoms. The minimum absolute atomic E-state index is 0. The standard InChI is InChI=1S/C15H21NOS3.C2H4.H2/c1-3-16-15(14(17)9-10-18-2)19-11-13(20-15)12-7-5-4-6-8-12;1-2;/h4-8,13,16H,3,9-11H2,1-2H3;1-2H2;1H/t13?,15-;;/m1../s1. The van der Waals surface area contributed by atoms with Crippen LogP contribution in [0.3, 0.4) is 0 Å². The van der Waals surface area contributed by atoms with Crippen LogP contribution in [-0.2, 0) is 4.79 Å². The van der Waals surface area contributed by atoms with Crippen LogP contribution in [0.4, 0.5) is 0 Å². The van der Waals surface area contributed by atoms with Crippen molar-refractivity contribution in [3.8, 4) is 0 Å². The molecule has 0 bridgehead atoms. The highest BCUT2D eigenvalue weighted by molar-refractivity contribution is 8.22. The van der Waals surface area contributed by atoms with Gasteiger partial charge in [-0.15, -0.1) is 36.7 Å². The molecule has 124 valence electrons. The predicted octanol–water partition coefficient (Wildman–Crippen LogP) is 4.84. The second kappa shape index (κ2) is 10.4. The van der Waals surface area contributed by atoms with Crippen molar-refractivity contribution in [3.05, 3.63) is 49.1 Å². The molecule has 2 atom stereocenters. The highest BCUT2D eigenvalue weighted by atomic mass is 32.2. The monoisotopic (exact) mass is 357 g/mol. The molecule has 1 heterocycles. The lowest BCUT2D eigenvalue weighted by Crippen LogP contribution is -2.44. The number of hydrogen-bond donors (Lipinski definition) is 1. The number of carbonyl (C=O) groups is 1. The van der Waals surface area contributed by atoms with Gasteiger partial charge >= 0.3 is 0 Å². The molecular formula is C17H27NOS3. The number of likely N-dealkylation sites (N-methyl/N-ethyl adjacent to an activating group) is 1. The molecule has 1 aliphatic rings. The summed E-state index contributed by atoms with van der Waals surface area (Å²) in [5.41, 5.74) is 1.32. The summed E-state index contributed by atoms with van der Waals surface area (Å²) in [6.07, 6.45) is 2.70. The van der Waals surface area contributed by atoms with Crippen molar-refractivity contribution in [1.29, 1.82) is 0 Å². The first-order chi connectivity index (χ1) is 10.7. The number of nitrogens with one attached hydrogen (secondary N) is 1. The van der Waals surface area contributed by atoms with Crippen LogP contribution in [0.15, 0.2) is 43.5 Å². The third kappa shape index (κ3) is 5.08. The van der Waals surface area contributed by atoms with E-state index in [2.05, 4.69) is 55.9 Å². The molecule has 1 saturated heterocycles. The SMILES string of the molecule is C=C.CCN[C@]1(C(=O)CCSC)SCC(c2ccccc2)S1.[HH]. The highest BCUT2D eigenvalue weighted by Crippen LogP contribution is 2.54. The van der Waals surface area contributed by atoms with E-state index in [0.29, 0.717) is 17.5 Å². The summed E-state index contributed by atoms with van der Waals surface area (Å²) in [5.74, 6) is 2.23. The molecule has 0 amide bonds. The van der Waals surface area contributed by atoms with E-state index in [4.69, 9.17) is 0 Å². The molecule has 0 radical (unpaired) electrons. The maximum absolute atomic E-state index is 12.6. The van der Waals surface area contributed by atoms with Crippen LogP contribution >= 0.6 is 35.3 Å². The molecule has 1 N–H and O–H groups in total. The maximum atomic E-state index is 12.6. The van der Waals surface area contributed by atoms with Crippen molar-refractivity contribution in [2.24, 2.45) is 0 Å². The van der Waals surface area contributed by atoms with E-state index in [1.165, 1.54) is 5.56 Å². The first kappa shape index (κ1) is 19.7. The molecule has 22 heavy (non-hydrogen) atoms. The fraction of sp³-hybridized carbons (Fsp3) is 0.471. The second-order valence-corrected chi connectivity index (χ2v) is 8.54. The highest BCUT2D eigenvalue weighted by Gasteiger charge is 2.46. The number of hydrogen-bond acceptors (Lipinski definition) is 5. The van der Waals surface area contributed by atoms with Gasteiger partial charge in [0.1, 0.15) is 0 Å². The lowest BCUT2D eigenvalue weighted by Gasteiger charge is -2.27. The van der Waals surface area contributed by atoms with Gasteiger partial charge in [0.05, 0.1) is 0 Å². The maximum Gasteiger partial charge on any atom is 0.174 e. The molecule has 0 saturated carbocycles. The van der Waals surface area contributed by atoms with Gasteiger partial charge in [0.2, 0.25) is 0 Å². The van der Waals surface area contributed by atoms with Gasteiger partial charge in [-0.2, -0.15) is 11.8 Å². The van der Waals surface area contributed by atoms with Crippen molar-refractivity contribution in [3.63, 3.8) is 0 Å². The lowest BCUT2D eigenvalue weighted by molar-refractivity contribution is -0.119. The van der Waals surface area contributed by atoms with Crippen molar-refractivity contribution in [1.82, 2.24) is 5.32 Å². The molecule has 1 aromatic rings. The van der Waals surface area contributed by atoms with Crippen molar-refractivity contribution in [2.75, 3.05) is 24.3 Å². The van der Waals surface area contributed by atoms with E-state index in [0.717, 1.165) is 18.1 Å². The molecule has 1 unspecified atom stereocenters. The van der Waals surface area contributed by atoms with Crippen LogP contribution in [0.5, 0.6) is 0 Å². The van der Waals surface area contributed by atoms with E-state index in [1.54, 1.807) is 35.3 Å². The summed E-state index contributed by atoms with van der Waals surface area (Å²) < 4.78 is -0.439. The van der Waals surface area contributed by atoms with Crippen LogP contribution in [-0.4, -0.2) is 34.3 Å². The second-order valence-electron chi connectivity index (χ2n) is 4.64. The van der Waals surface area contributed by atoms with E-state index < -0.39 is 4.20 Å². The summed E-state index contributed by atoms with van der Waals surface area (Å²) in [6, 6.07) is 10.5. The minimum atomic E-state index is -0.439. The molecule has 2 rings (SSSR count). The van der Waals surface area contributed by atoms with Crippen LogP contribution < -0.4 is 5.32 Å². The predicted molar refractivity (Wildman–Crippen MR) is 107 cm³/mol. The number of Topliss-reactive ketones (excluding diaryl/α,β-unsaturated/α-hetero) is 1. The number of thioether (sulfide) groups is 3. The molecule has 0 aromatic heterocycles. The Hall–Kier alpha value is -0.360. The first-order valence-corrected chi connectivity index (χ1v) is 10.6. The van der Waals surface area contributed by atoms with Gasteiger partial charge in [-0.25, -0.2) is 0 Å². The first-order valence-electron chi connectivity index (χ1n) is 7.36. The Morgan fingerprint density at radius 3 is 2.73 bits per heavy atom. The van der Waals surface area contributed by atoms with Gasteiger partial charge in [0.25, 0.3) is 0 Å². The van der Waals surface area contributed by atoms with E-state index in [1.807, 2.05) is 6.07 Å². The third-order valence-corrected chi connectivity index (χ3v) is 7.40. The number of carbonyl (C=O) groups excluding carboxylic acids is 1. The van der Waals surface area contributed by atoms with Gasteiger partial charge < -0.3 is 0 Å². The zero-order valence-corrected chi connectivity index (χ0v) is 15.8. The van der Waals surface area contributed by atoms with E-state index in [-0.39, 0.29) is 1.43 Å². The van der Waals surface area contributed by atoms with Gasteiger partial charge in [0.15, 0.2) is 9.99 Å². The number of benzene rings is 1. The third-order valence-electron chi connectivity index (χ3n) is 3.23. The Labute approximate surface area is 148 Å². The van der Waals surface area contributed by atoms with E-state index >= 15 is 0 Å². The fourth-order valence-electron chi connectivity index (χ4n) is 2.22. The average molecular weight is 358 g/mol. The molecule has 5 heteroatoms. The molecular weight excluding hydrogens is 330 g/mol. The van der Waals surface area contributed by atoms with Crippen molar-refractivity contribution in [2.45, 2.75) is 22.8 Å². The van der Waals surface area contributed by atoms with Crippen molar-refractivity contribution >= 4 is 41.1 Å². The summed E-state index contributed by atoms with van der Waals surface area (Å²) in [5, 5.41) is 3.83. The largest absolute Gasteiger partial charge is 0.296 e. The molecule has 1 aliphatic heterocycles. The summed E-state index contributed by atoms with van der Waals surface area (Å²) in [6.45, 7) is 8.90. The summed E-state index contributed by atoms with van der Waals surface area (Å²) in [4.78, 5) is 12.6. The average Bonchev–Trinajstić information content (AvgIpc) is 3.01. The Bertz CT molecular complexity index is 460. The van der Waals surface area contributed by atoms with Crippen LogP contribution in [0.2, 0.25) is 0 Å². The zero-order valence-electron chi connectivity index (χ0n) is 13.3. The molecule has 1 fully saturated rings. The smallest absolute Gasteiger partial charge is 0.174 e. The zero-order chi connectivity index (χ0) is 16.4. The Kier molecular flexibility index (Phi) is 9.33. The number of ketones is 1. The van der Waals surface area contributed by atoms with Crippen molar-refractivity contribution < 1.29 is 6.22 Å². The molecule has 0 aliphatic carbocycles. The van der Waals surface area contributed by atoms with Gasteiger partial charge in [0, 0.05) is 24.6 Å². The minimum Gasteiger partial charge on any atom is -0.296 e. The normalized spacial score (nSPS) is 23.6. The van der Waals surface area contributed by atoms with Crippen LogP contribution in [0, 0.1) is 0 Å². The quantitative estimate of drug-likeness (QED) is 0.705. The Balaban J connectivity index is 0.00000155. The van der Waals surface area contributed by atoms with Crippen LogP contribution in [0.1, 0.15) is 25.6 Å². The topological polar surface area (TPSA) is 29.1 Å². The number of rotatable bonds is 7.